The fraction of sp³-hybridized carbons (Fsp3) is 0.412. The monoisotopic (exact) mass is 590 g/mol. The Morgan fingerprint density at radius 1 is 1.10 bits per heavy atom. The van der Waals surface area contributed by atoms with Crippen LogP contribution in [0.2, 0.25) is 5.02 Å². The van der Waals surface area contributed by atoms with Gasteiger partial charge in [-0.15, -0.1) is 17.9 Å². The number of carbonyl (C=O) groups excluding carboxylic acids is 1. The third-order valence-electron chi connectivity index (χ3n) is 7.80. The molecule has 1 amide bonds. The number of hydrogen-bond donors (Lipinski definition) is 1. The number of aryl methyl sites for hydroxylation is 1. The van der Waals surface area contributed by atoms with Crippen molar-refractivity contribution < 1.29 is 14.3 Å². The summed E-state index contributed by atoms with van der Waals surface area (Å²) in [5.74, 6) is 1.37. The van der Waals surface area contributed by atoms with Crippen LogP contribution in [0.3, 0.4) is 0 Å². The van der Waals surface area contributed by atoms with Crippen LogP contribution >= 0.6 is 22.9 Å². The molecular formula is C34H39ClN2O3S. The SMILES string of the molecule is C=CCc1cc(C=Nc2sc3c(c2C(=O)NC2CCCCC2)CCCC3)cc(OCC)c1OCc1ccccc1Cl. The summed E-state index contributed by atoms with van der Waals surface area (Å²) in [6, 6.07) is 12.0. The minimum absolute atomic E-state index is 0.0362. The number of nitrogens with one attached hydrogen (secondary N) is 1. The molecule has 5 rings (SSSR count). The van der Waals surface area contributed by atoms with Crippen molar-refractivity contribution >= 4 is 40.1 Å². The molecule has 0 radical (unpaired) electrons. The number of amides is 1. The summed E-state index contributed by atoms with van der Waals surface area (Å²) in [5.41, 5.74) is 4.74. The van der Waals surface area contributed by atoms with Gasteiger partial charge in [0.05, 0.1) is 12.2 Å². The van der Waals surface area contributed by atoms with Crippen molar-refractivity contribution in [3.63, 3.8) is 0 Å². The molecule has 2 aliphatic carbocycles. The molecule has 1 N–H and O–H groups in total. The summed E-state index contributed by atoms with van der Waals surface area (Å²) < 4.78 is 12.3. The lowest BCUT2D eigenvalue weighted by molar-refractivity contribution is 0.0927. The minimum atomic E-state index is 0.0362. The highest BCUT2D eigenvalue weighted by atomic mass is 35.5. The number of fused-ring (bicyclic) bond motifs is 1. The highest BCUT2D eigenvalue weighted by molar-refractivity contribution is 7.16. The van der Waals surface area contributed by atoms with Crippen LogP contribution < -0.4 is 14.8 Å². The van der Waals surface area contributed by atoms with Gasteiger partial charge in [0.2, 0.25) is 0 Å². The maximum atomic E-state index is 13.6. The Balaban J connectivity index is 1.44. The summed E-state index contributed by atoms with van der Waals surface area (Å²) in [6.07, 6.45) is 14.3. The molecule has 5 nitrogen and oxygen atoms in total. The van der Waals surface area contributed by atoms with E-state index in [4.69, 9.17) is 26.1 Å². The van der Waals surface area contributed by atoms with Gasteiger partial charge in [0.25, 0.3) is 5.91 Å². The van der Waals surface area contributed by atoms with Gasteiger partial charge in [-0.25, -0.2) is 4.99 Å². The highest BCUT2D eigenvalue weighted by Gasteiger charge is 2.27. The molecule has 3 aromatic rings. The van der Waals surface area contributed by atoms with E-state index in [0.717, 1.165) is 59.4 Å². The minimum Gasteiger partial charge on any atom is -0.490 e. The number of carbonyl (C=O) groups is 1. The fourth-order valence-corrected chi connectivity index (χ4v) is 7.19. The van der Waals surface area contributed by atoms with Gasteiger partial charge in [-0.05, 0) is 81.2 Å². The summed E-state index contributed by atoms with van der Waals surface area (Å²) in [7, 11) is 0. The van der Waals surface area contributed by atoms with Gasteiger partial charge in [-0.2, -0.15) is 0 Å². The molecule has 0 spiro atoms. The number of aliphatic imine (C=N–C) groups is 1. The normalized spacial score (nSPS) is 15.5. The Morgan fingerprint density at radius 2 is 1.90 bits per heavy atom. The number of ether oxygens (including phenoxy) is 2. The van der Waals surface area contributed by atoms with Crippen molar-refractivity contribution in [2.24, 2.45) is 4.99 Å². The quantitative estimate of drug-likeness (QED) is 0.179. The van der Waals surface area contributed by atoms with Gasteiger partial charge in [-0.3, -0.25) is 4.79 Å². The zero-order valence-electron chi connectivity index (χ0n) is 23.8. The number of hydrogen-bond acceptors (Lipinski definition) is 5. The number of benzene rings is 2. The Morgan fingerprint density at radius 3 is 2.68 bits per heavy atom. The van der Waals surface area contributed by atoms with Gasteiger partial charge in [0.15, 0.2) is 11.5 Å². The zero-order valence-corrected chi connectivity index (χ0v) is 25.4. The van der Waals surface area contributed by atoms with Gasteiger partial charge in [-0.1, -0.05) is 55.1 Å². The molecule has 216 valence electrons. The Labute approximate surface area is 252 Å². The maximum absolute atomic E-state index is 13.6. The lowest BCUT2D eigenvalue weighted by Gasteiger charge is -2.23. The van der Waals surface area contributed by atoms with Crippen molar-refractivity contribution in [1.82, 2.24) is 5.32 Å². The first-order valence-corrected chi connectivity index (χ1v) is 16.0. The topological polar surface area (TPSA) is 59.9 Å². The van der Waals surface area contributed by atoms with Crippen molar-refractivity contribution in [1.29, 1.82) is 0 Å². The predicted octanol–water partition coefficient (Wildman–Crippen LogP) is 8.80. The summed E-state index contributed by atoms with van der Waals surface area (Å²) in [4.78, 5) is 19.8. The van der Waals surface area contributed by atoms with Crippen molar-refractivity contribution in [3.8, 4) is 11.5 Å². The molecule has 41 heavy (non-hydrogen) atoms. The lowest BCUT2D eigenvalue weighted by Crippen LogP contribution is -2.36. The Bertz CT molecular complexity index is 1410. The molecule has 0 aliphatic heterocycles. The van der Waals surface area contributed by atoms with Crippen LogP contribution in [-0.2, 0) is 25.9 Å². The highest BCUT2D eigenvalue weighted by Crippen LogP contribution is 2.41. The maximum Gasteiger partial charge on any atom is 0.254 e. The molecule has 0 saturated heterocycles. The molecule has 1 saturated carbocycles. The molecule has 2 aliphatic rings. The number of allylic oxidation sites excluding steroid dienone is 1. The van der Waals surface area contributed by atoms with Gasteiger partial charge < -0.3 is 14.8 Å². The molecule has 0 unspecified atom stereocenters. The van der Waals surface area contributed by atoms with E-state index in [-0.39, 0.29) is 11.9 Å². The number of nitrogens with zero attached hydrogens (tertiary/aromatic N) is 1. The largest absolute Gasteiger partial charge is 0.490 e. The molecule has 0 bridgehead atoms. The van der Waals surface area contributed by atoms with Crippen LogP contribution in [0.5, 0.6) is 11.5 Å². The van der Waals surface area contributed by atoms with E-state index in [1.54, 1.807) is 11.3 Å². The number of thiophene rings is 1. The van der Waals surface area contributed by atoms with Crippen LogP contribution in [0.1, 0.15) is 89.4 Å². The third-order valence-corrected chi connectivity index (χ3v) is 9.37. The van der Waals surface area contributed by atoms with Crippen LogP contribution in [0.15, 0.2) is 54.0 Å². The first-order chi connectivity index (χ1) is 20.1. The van der Waals surface area contributed by atoms with Gasteiger partial charge >= 0.3 is 0 Å². The molecule has 0 atom stereocenters. The zero-order chi connectivity index (χ0) is 28.6. The lowest BCUT2D eigenvalue weighted by atomic mass is 9.93. The molecule has 1 fully saturated rings. The van der Waals surface area contributed by atoms with Crippen molar-refractivity contribution in [2.75, 3.05) is 6.61 Å². The molecular weight excluding hydrogens is 552 g/mol. The smallest absolute Gasteiger partial charge is 0.254 e. The summed E-state index contributed by atoms with van der Waals surface area (Å²) in [6.45, 7) is 6.74. The average molecular weight is 591 g/mol. The third kappa shape index (κ3) is 7.22. The van der Waals surface area contributed by atoms with E-state index in [2.05, 4.69) is 18.0 Å². The van der Waals surface area contributed by atoms with Gasteiger partial charge in [0, 0.05) is 33.3 Å². The Kier molecular flexibility index (Phi) is 10.2. The molecule has 7 heteroatoms. The first kappa shape index (κ1) is 29.4. The Hall–Kier alpha value is -3.09. The van der Waals surface area contributed by atoms with Crippen LogP contribution in [0, 0.1) is 0 Å². The van der Waals surface area contributed by atoms with Gasteiger partial charge in [0.1, 0.15) is 11.6 Å². The van der Waals surface area contributed by atoms with Crippen molar-refractivity contribution in [2.45, 2.75) is 83.8 Å². The van der Waals surface area contributed by atoms with Crippen LogP contribution in [0.25, 0.3) is 0 Å². The second kappa shape index (κ2) is 14.2. The number of rotatable bonds is 11. The van der Waals surface area contributed by atoms with Crippen LogP contribution in [-0.4, -0.2) is 24.8 Å². The van der Waals surface area contributed by atoms with E-state index >= 15 is 0 Å². The molecule has 1 aromatic heterocycles. The standard InChI is InChI=1S/C34H39ClN2O3S/c1-3-12-24-19-23(20-29(39-4-2)32(24)40-22-25-13-8-10-17-28(25)35)21-36-34-31(27-16-9-11-18-30(27)41-34)33(38)37-26-14-6-5-7-15-26/h3,8,10,13,17,19-21,26H,1,4-7,9,11-12,14-16,18,22H2,2H3,(H,37,38). The first-order valence-electron chi connectivity index (χ1n) is 14.8. The van der Waals surface area contributed by atoms with E-state index in [1.807, 2.05) is 49.5 Å². The summed E-state index contributed by atoms with van der Waals surface area (Å²) in [5, 5.41) is 4.80. The van der Waals surface area contributed by atoms with E-state index in [9.17, 15) is 4.79 Å². The molecule has 2 aromatic carbocycles. The fourth-order valence-electron chi connectivity index (χ4n) is 5.77. The molecule has 1 heterocycles. The van der Waals surface area contributed by atoms with E-state index in [0.29, 0.717) is 36.2 Å². The number of halogens is 1. The van der Waals surface area contributed by atoms with Crippen LogP contribution in [0.4, 0.5) is 5.00 Å². The summed E-state index contributed by atoms with van der Waals surface area (Å²) >= 11 is 8.04. The average Bonchev–Trinajstić information content (AvgIpc) is 3.36. The second-order valence-electron chi connectivity index (χ2n) is 10.8. The van der Waals surface area contributed by atoms with E-state index in [1.165, 1.54) is 36.1 Å². The predicted molar refractivity (Wildman–Crippen MR) is 170 cm³/mol. The van der Waals surface area contributed by atoms with Crippen molar-refractivity contribution in [3.05, 3.63) is 86.8 Å². The van der Waals surface area contributed by atoms with E-state index < -0.39 is 0 Å². The second-order valence-corrected chi connectivity index (χ2v) is 12.3.